The molecule has 0 bridgehead atoms. The monoisotopic (exact) mass is 248 g/mol. The maximum absolute atomic E-state index is 10.9. The smallest absolute Gasteiger partial charge is 0.404 e. The fourth-order valence-electron chi connectivity index (χ4n) is 1.47. The third kappa shape index (κ3) is 3.01. The molecule has 1 unspecified atom stereocenters. The molecule has 0 aliphatic heterocycles. The van der Waals surface area contributed by atoms with Crippen LogP contribution in [0.25, 0.3) is 0 Å². The Balaban J connectivity index is 2.36. The molecule has 17 heavy (non-hydrogen) atoms. The molecule has 0 amide bonds. The van der Waals surface area contributed by atoms with E-state index in [9.17, 15) is 4.79 Å². The quantitative estimate of drug-likeness (QED) is 0.784. The molecule has 0 radical (unpaired) electrons. The molecule has 0 aliphatic rings. The summed E-state index contributed by atoms with van der Waals surface area (Å²) in [4.78, 5) is 18.9. The Kier molecular flexibility index (Phi) is 3.67. The molecule has 0 spiro atoms. The molecule has 2 aromatic rings. The van der Waals surface area contributed by atoms with Crippen LogP contribution in [-0.4, -0.2) is 15.4 Å². The molecule has 0 aliphatic carbocycles. The van der Waals surface area contributed by atoms with Crippen molar-refractivity contribution in [3.63, 3.8) is 0 Å². The minimum atomic E-state index is -0.871. The second kappa shape index (κ2) is 5.41. The standard InChI is InChI=1S/C12H9ClN2O2/c13-12(16)17-11(9-4-2-1-3-5-9)10-8-14-6-7-15-10/h1-8,11H. The summed E-state index contributed by atoms with van der Waals surface area (Å²) in [5, 5.41) is 0. The van der Waals surface area contributed by atoms with Gasteiger partial charge in [0, 0.05) is 24.0 Å². The first kappa shape index (κ1) is 11.5. The summed E-state index contributed by atoms with van der Waals surface area (Å²) >= 11 is 5.26. The topological polar surface area (TPSA) is 52.1 Å². The number of aromatic nitrogens is 2. The molecule has 86 valence electrons. The van der Waals surface area contributed by atoms with Crippen LogP contribution in [0.4, 0.5) is 4.79 Å². The van der Waals surface area contributed by atoms with E-state index < -0.39 is 11.5 Å². The highest BCUT2D eigenvalue weighted by molar-refractivity contribution is 6.61. The van der Waals surface area contributed by atoms with E-state index in [1.54, 1.807) is 6.20 Å². The van der Waals surface area contributed by atoms with Crippen molar-refractivity contribution in [1.29, 1.82) is 0 Å². The first-order valence-electron chi connectivity index (χ1n) is 4.94. The van der Waals surface area contributed by atoms with Crippen LogP contribution in [0.5, 0.6) is 0 Å². The lowest BCUT2D eigenvalue weighted by molar-refractivity contribution is 0.140. The molecule has 0 fully saturated rings. The Morgan fingerprint density at radius 3 is 2.59 bits per heavy atom. The summed E-state index contributed by atoms with van der Waals surface area (Å²) in [5.74, 6) is 0. The summed E-state index contributed by atoms with van der Waals surface area (Å²) in [6.45, 7) is 0. The average Bonchev–Trinajstić information content (AvgIpc) is 2.38. The van der Waals surface area contributed by atoms with Gasteiger partial charge in [-0.25, -0.2) is 4.79 Å². The zero-order chi connectivity index (χ0) is 12.1. The van der Waals surface area contributed by atoms with Crippen molar-refractivity contribution in [2.24, 2.45) is 0 Å². The van der Waals surface area contributed by atoms with E-state index in [-0.39, 0.29) is 0 Å². The summed E-state index contributed by atoms with van der Waals surface area (Å²) in [5.41, 5.74) is 0.458. The van der Waals surface area contributed by atoms with Gasteiger partial charge in [0.2, 0.25) is 0 Å². The number of benzene rings is 1. The van der Waals surface area contributed by atoms with E-state index in [2.05, 4.69) is 9.97 Å². The van der Waals surface area contributed by atoms with Crippen LogP contribution in [0.1, 0.15) is 17.4 Å². The van der Waals surface area contributed by atoms with Gasteiger partial charge in [-0.15, -0.1) is 0 Å². The predicted molar refractivity (Wildman–Crippen MR) is 62.7 cm³/mol. The lowest BCUT2D eigenvalue weighted by Crippen LogP contribution is -2.09. The second-order valence-electron chi connectivity index (χ2n) is 3.28. The average molecular weight is 249 g/mol. The molecule has 1 heterocycles. The summed E-state index contributed by atoms with van der Waals surface area (Å²) < 4.78 is 5.05. The van der Waals surface area contributed by atoms with Gasteiger partial charge in [-0.05, 0) is 5.56 Å². The molecule has 5 heteroatoms. The fraction of sp³-hybridized carbons (Fsp3) is 0.0833. The summed E-state index contributed by atoms with van der Waals surface area (Å²) in [6.07, 6.45) is 3.99. The number of nitrogens with zero attached hydrogens (tertiary/aromatic N) is 2. The van der Waals surface area contributed by atoms with E-state index >= 15 is 0 Å². The van der Waals surface area contributed by atoms with Gasteiger partial charge < -0.3 is 4.74 Å². The number of rotatable bonds is 3. The second-order valence-corrected chi connectivity index (χ2v) is 3.59. The van der Waals surface area contributed by atoms with Crippen LogP contribution >= 0.6 is 11.6 Å². The SMILES string of the molecule is O=C(Cl)OC(c1ccccc1)c1cnccn1. The molecule has 0 N–H and O–H groups in total. The van der Waals surface area contributed by atoms with E-state index in [4.69, 9.17) is 16.3 Å². The molecular weight excluding hydrogens is 240 g/mol. The van der Waals surface area contributed by atoms with Crippen LogP contribution in [0.15, 0.2) is 48.9 Å². The van der Waals surface area contributed by atoms with E-state index in [1.807, 2.05) is 30.3 Å². The molecule has 1 aromatic carbocycles. The molecular formula is C12H9ClN2O2. The number of carbonyl (C=O) groups is 1. The fourth-order valence-corrected chi connectivity index (χ4v) is 1.55. The van der Waals surface area contributed by atoms with Crippen molar-refractivity contribution in [1.82, 2.24) is 9.97 Å². The van der Waals surface area contributed by atoms with Crippen LogP contribution in [0.3, 0.4) is 0 Å². The van der Waals surface area contributed by atoms with Crippen LogP contribution in [-0.2, 0) is 4.74 Å². The Hall–Kier alpha value is -1.94. The summed E-state index contributed by atoms with van der Waals surface area (Å²) in [6, 6.07) is 9.24. The zero-order valence-corrected chi connectivity index (χ0v) is 9.54. The molecule has 4 nitrogen and oxygen atoms in total. The zero-order valence-electron chi connectivity index (χ0n) is 8.79. The normalized spacial score (nSPS) is 11.8. The largest absolute Gasteiger partial charge is 0.439 e. The van der Waals surface area contributed by atoms with Gasteiger partial charge >= 0.3 is 5.43 Å². The van der Waals surface area contributed by atoms with E-state index in [1.165, 1.54) is 12.4 Å². The Bertz CT molecular complexity index is 451. The lowest BCUT2D eigenvalue weighted by atomic mass is 10.1. The third-order valence-electron chi connectivity index (χ3n) is 2.16. The van der Waals surface area contributed by atoms with Gasteiger partial charge in [-0.1, -0.05) is 30.3 Å². The van der Waals surface area contributed by atoms with Crippen LogP contribution < -0.4 is 0 Å². The van der Waals surface area contributed by atoms with Crippen molar-refractivity contribution >= 4 is 17.0 Å². The van der Waals surface area contributed by atoms with Crippen molar-refractivity contribution in [3.05, 3.63) is 60.2 Å². The maximum atomic E-state index is 10.9. The highest BCUT2D eigenvalue weighted by Gasteiger charge is 2.19. The Morgan fingerprint density at radius 1 is 1.24 bits per heavy atom. The number of hydrogen-bond acceptors (Lipinski definition) is 4. The Morgan fingerprint density at radius 2 is 2.00 bits per heavy atom. The van der Waals surface area contributed by atoms with Crippen molar-refractivity contribution in [2.75, 3.05) is 0 Å². The Labute approximate surface area is 103 Å². The van der Waals surface area contributed by atoms with Crippen molar-refractivity contribution in [2.45, 2.75) is 6.10 Å². The molecule has 0 saturated heterocycles. The van der Waals surface area contributed by atoms with Gasteiger partial charge in [-0.3, -0.25) is 9.97 Å². The maximum Gasteiger partial charge on any atom is 0.404 e. The molecule has 1 aromatic heterocycles. The minimum absolute atomic E-state index is 0.535. The molecule has 1 atom stereocenters. The highest BCUT2D eigenvalue weighted by atomic mass is 35.5. The number of ether oxygens (including phenoxy) is 1. The summed E-state index contributed by atoms with van der Waals surface area (Å²) in [7, 11) is 0. The van der Waals surface area contributed by atoms with Gasteiger partial charge in [-0.2, -0.15) is 0 Å². The lowest BCUT2D eigenvalue weighted by Gasteiger charge is -2.15. The van der Waals surface area contributed by atoms with Crippen LogP contribution in [0, 0.1) is 0 Å². The minimum Gasteiger partial charge on any atom is -0.439 e. The molecule has 2 rings (SSSR count). The predicted octanol–water partition coefficient (Wildman–Crippen LogP) is 2.94. The molecule has 0 saturated carbocycles. The number of carbonyl (C=O) groups excluding carboxylic acids is 1. The number of halogens is 1. The van der Waals surface area contributed by atoms with Gasteiger partial charge in [0.15, 0.2) is 6.10 Å². The highest BCUT2D eigenvalue weighted by Crippen LogP contribution is 2.24. The van der Waals surface area contributed by atoms with Crippen molar-refractivity contribution in [3.8, 4) is 0 Å². The van der Waals surface area contributed by atoms with Gasteiger partial charge in [0.05, 0.1) is 6.20 Å². The van der Waals surface area contributed by atoms with Crippen molar-refractivity contribution < 1.29 is 9.53 Å². The number of hydrogen-bond donors (Lipinski definition) is 0. The van der Waals surface area contributed by atoms with Crippen LogP contribution in [0.2, 0.25) is 0 Å². The van der Waals surface area contributed by atoms with E-state index in [0.717, 1.165) is 5.56 Å². The first-order valence-corrected chi connectivity index (χ1v) is 5.32. The first-order chi connectivity index (χ1) is 8.27. The van der Waals surface area contributed by atoms with Gasteiger partial charge in [0.1, 0.15) is 5.69 Å². The van der Waals surface area contributed by atoms with E-state index in [0.29, 0.717) is 5.69 Å². The third-order valence-corrected chi connectivity index (χ3v) is 2.25. The van der Waals surface area contributed by atoms with Gasteiger partial charge in [0.25, 0.3) is 0 Å².